The third-order valence-electron chi connectivity index (χ3n) is 7.53. The van der Waals surface area contributed by atoms with Crippen molar-refractivity contribution in [1.82, 2.24) is 4.57 Å². The van der Waals surface area contributed by atoms with E-state index < -0.39 is 18.0 Å². The van der Waals surface area contributed by atoms with Gasteiger partial charge < -0.3 is 19.0 Å². The third-order valence-corrected chi connectivity index (χ3v) is 8.51. The fourth-order valence-electron chi connectivity index (χ4n) is 5.39. The molecule has 5 aromatic rings. The highest BCUT2D eigenvalue weighted by molar-refractivity contribution is 7.07. The predicted octanol–water partition coefficient (Wildman–Crippen LogP) is 5.60. The standard InChI is InChI=1S/C36H30N2O7S/c1-4-43-25-15-13-23(14-16-25)32-30(35(42)44-5-2)31(22-9-7-6-8-10-22)37-36-38(32)33(39)29(46-36)20-26-17-18-28(45-26)27-19-24(34(40)41)12-11-21(27)3/h6-20,32H,4-5H2,1-3H3,(H,40,41)/b29-20-/t32-/m1/s1. The second kappa shape index (κ2) is 12.9. The second-order valence-corrected chi connectivity index (χ2v) is 11.5. The summed E-state index contributed by atoms with van der Waals surface area (Å²) in [6.45, 7) is 6.16. The van der Waals surface area contributed by atoms with E-state index in [1.807, 2.05) is 68.4 Å². The number of aryl methyl sites for hydroxylation is 1. The number of ether oxygens (including phenoxy) is 2. The van der Waals surface area contributed by atoms with Crippen LogP contribution in [0, 0.1) is 6.92 Å². The molecule has 1 N–H and O–H groups in total. The molecule has 1 aliphatic rings. The molecule has 10 heteroatoms. The van der Waals surface area contributed by atoms with Gasteiger partial charge in [-0.05, 0) is 68.3 Å². The van der Waals surface area contributed by atoms with E-state index >= 15 is 0 Å². The molecule has 3 heterocycles. The van der Waals surface area contributed by atoms with Crippen LogP contribution in [0.5, 0.6) is 5.75 Å². The summed E-state index contributed by atoms with van der Waals surface area (Å²) < 4.78 is 19.1. The molecule has 0 unspecified atom stereocenters. The number of nitrogens with zero attached hydrogens (tertiary/aromatic N) is 2. The van der Waals surface area contributed by atoms with Gasteiger partial charge in [-0.2, -0.15) is 0 Å². The van der Waals surface area contributed by atoms with Gasteiger partial charge in [-0.3, -0.25) is 9.36 Å². The van der Waals surface area contributed by atoms with Gasteiger partial charge in [0.25, 0.3) is 5.56 Å². The van der Waals surface area contributed by atoms with Crippen molar-refractivity contribution in [2.45, 2.75) is 26.8 Å². The van der Waals surface area contributed by atoms with Crippen molar-refractivity contribution in [1.29, 1.82) is 0 Å². The summed E-state index contributed by atoms with van der Waals surface area (Å²) in [6, 6.07) is 24.1. The van der Waals surface area contributed by atoms with Gasteiger partial charge in [-0.15, -0.1) is 0 Å². The van der Waals surface area contributed by atoms with Gasteiger partial charge in [-0.25, -0.2) is 14.6 Å². The number of aromatic nitrogens is 1. The quantitative estimate of drug-likeness (QED) is 0.210. The number of rotatable bonds is 9. The van der Waals surface area contributed by atoms with E-state index in [-0.39, 0.29) is 23.3 Å². The van der Waals surface area contributed by atoms with Crippen LogP contribution < -0.4 is 19.6 Å². The summed E-state index contributed by atoms with van der Waals surface area (Å²) in [7, 11) is 0. The maximum Gasteiger partial charge on any atom is 0.338 e. The number of hydrogen-bond acceptors (Lipinski definition) is 8. The zero-order chi connectivity index (χ0) is 32.4. The van der Waals surface area contributed by atoms with Gasteiger partial charge in [0.2, 0.25) is 0 Å². The lowest BCUT2D eigenvalue weighted by Gasteiger charge is -2.26. The van der Waals surface area contributed by atoms with Crippen LogP contribution in [0.25, 0.3) is 23.1 Å². The average Bonchev–Trinajstić information content (AvgIpc) is 3.65. The normalized spacial score (nSPS) is 14.5. The molecule has 0 spiro atoms. The van der Waals surface area contributed by atoms with E-state index in [1.165, 1.54) is 15.9 Å². The van der Waals surface area contributed by atoms with Gasteiger partial charge in [0, 0.05) is 17.2 Å². The number of furan rings is 1. The van der Waals surface area contributed by atoms with Crippen LogP contribution >= 0.6 is 11.3 Å². The second-order valence-electron chi connectivity index (χ2n) is 10.5. The molecule has 0 saturated carbocycles. The Morgan fingerprint density at radius 1 is 1.00 bits per heavy atom. The summed E-state index contributed by atoms with van der Waals surface area (Å²) in [5.74, 6) is -0.0451. The summed E-state index contributed by atoms with van der Waals surface area (Å²) in [5, 5.41) is 9.45. The summed E-state index contributed by atoms with van der Waals surface area (Å²) >= 11 is 1.19. The third kappa shape index (κ3) is 5.82. The first-order valence-electron chi connectivity index (χ1n) is 14.7. The van der Waals surface area contributed by atoms with Gasteiger partial charge in [0.1, 0.15) is 17.3 Å². The van der Waals surface area contributed by atoms with E-state index in [9.17, 15) is 19.5 Å². The molecule has 0 radical (unpaired) electrons. The van der Waals surface area contributed by atoms with Gasteiger partial charge in [0.05, 0.1) is 40.6 Å². The molecule has 2 aromatic heterocycles. The Hall–Kier alpha value is -5.48. The Morgan fingerprint density at radius 2 is 1.76 bits per heavy atom. The van der Waals surface area contributed by atoms with Crippen molar-refractivity contribution in [3.05, 3.63) is 138 Å². The largest absolute Gasteiger partial charge is 0.494 e. The van der Waals surface area contributed by atoms with Crippen LogP contribution in [0.1, 0.15) is 52.7 Å². The van der Waals surface area contributed by atoms with E-state index in [0.717, 1.165) is 5.56 Å². The van der Waals surface area contributed by atoms with Crippen LogP contribution in [0.15, 0.2) is 105 Å². The number of carbonyl (C=O) groups is 2. The Bertz CT molecular complexity index is 2160. The first-order chi connectivity index (χ1) is 22.3. The molecule has 0 fully saturated rings. The number of carboxylic acid groups (broad SMARTS) is 1. The van der Waals surface area contributed by atoms with Crippen molar-refractivity contribution in [3.63, 3.8) is 0 Å². The lowest BCUT2D eigenvalue weighted by atomic mass is 9.93. The van der Waals surface area contributed by atoms with Crippen molar-refractivity contribution in [2.75, 3.05) is 13.2 Å². The van der Waals surface area contributed by atoms with Gasteiger partial charge in [0.15, 0.2) is 4.80 Å². The summed E-state index contributed by atoms with van der Waals surface area (Å²) in [4.78, 5) is 44.6. The first kappa shape index (κ1) is 30.5. The number of carbonyl (C=O) groups excluding carboxylic acids is 1. The Balaban J connectivity index is 1.53. The molecule has 0 aliphatic carbocycles. The number of hydrogen-bond donors (Lipinski definition) is 1. The van der Waals surface area contributed by atoms with Crippen molar-refractivity contribution in [2.24, 2.45) is 4.99 Å². The van der Waals surface area contributed by atoms with Gasteiger partial charge >= 0.3 is 11.9 Å². The lowest BCUT2D eigenvalue weighted by molar-refractivity contribution is -0.138. The van der Waals surface area contributed by atoms with Crippen molar-refractivity contribution < 1.29 is 28.6 Å². The molecule has 0 saturated heterocycles. The zero-order valence-electron chi connectivity index (χ0n) is 25.4. The maximum atomic E-state index is 14.2. The molecule has 9 nitrogen and oxygen atoms in total. The fourth-order valence-corrected chi connectivity index (χ4v) is 6.37. The number of esters is 1. The molecule has 1 aliphatic heterocycles. The Kier molecular flexibility index (Phi) is 8.54. The SMILES string of the molecule is CCOC(=O)C1=C(c2ccccc2)N=c2s/c(=C\c3ccc(-c4cc(C(=O)O)ccc4C)o3)c(=O)n2[C@@H]1c1ccc(OCC)cc1. The molecule has 1 atom stereocenters. The number of thiazole rings is 1. The van der Waals surface area contributed by atoms with E-state index in [4.69, 9.17) is 18.9 Å². The molecule has 0 bridgehead atoms. The van der Waals surface area contributed by atoms with E-state index in [0.29, 0.717) is 55.6 Å². The maximum absolute atomic E-state index is 14.2. The smallest absolute Gasteiger partial charge is 0.338 e. The minimum Gasteiger partial charge on any atom is -0.494 e. The minimum absolute atomic E-state index is 0.146. The highest BCUT2D eigenvalue weighted by Gasteiger charge is 2.35. The fraction of sp³-hybridized carbons (Fsp3) is 0.167. The lowest BCUT2D eigenvalue weighted by Crippen LogP contribution is -2.40. The molecule has 0 amide bonds. The average molecular weight is 635 g/mol. The Morgan fingerprint density at radius 3 is 2.46 bits per heavy atom. The molecular weight excluding hydrogens is 604 g/mol. The molecular formula is C36H30N2O7S. The zero-order valence-corrected chi connectivity index (χ0v) is 26.2. The molecule has 3 aromatic carbocycles. The van der Waals surface area contributed by atoms with Gasteiger partial charge in [-0.1, -0.05) is 59.9 Å². The van der Waals surface area contributed by atoms with Crippen LogP contribution in [-0.2, 0) is 9.53 Å². The molecule has 232 valence electrons. The Labute approximate surface area is 268 Å². The number of carboxylic acids is 1. The van der Waals surface area contributed by atoms with Crippen molar-refractivity contribution >= 4 is 35.0 Å². The number of benzene rings is 3. The first-order valence-corrected chi connectivity index (χ1v) is 15.6. The predicted molar refractivity (Wildman–Crippen MR) is 175 cm³/mol. The molecule has 46 heavy (non-hydrogen) atoms. The summed E-state index contributed by atoms with van der Waals surface area (Å²) in [5.41, 5.74) is 3.38. The number of aromatic carboxylic acids is 1. The molecule has 6 rings (SSSR count). The monoisotopic (exact) mass is 634 g/mol. The highest BCUT2D eigenvalue weighted by Crippen LogP contribution is 2.36. The van der Waals surface area contributed by atoms with Crippen LogP contribution in [-0.4, -0.2) is 34.8 Å². The van der Waals surface area contributed by atoms with Crippen LogP contribution in [0.2, 0.25) is 0 Å². The van der Waals surface area contributed by atoms with E-state index in [1.54, 1.807) is 43.3 Å². The van der Waals surface area contributed by atoms with Crippen LogP contribution in [0.3, 0.4) is 0 Å². The van der Waals surface area contributed by atoms with Crippen LogP contribution in [0.4, 0.5) is 0 Å². The number of fused-ring (bicyclic) bond motifs is 1. The summed E-state index contributed by atoms with van der Waals surface area (Å²) in [6.07, 6.45) is 1.63. The minimum atomic E-state index is -1.03. The van der Waals surface area contributed by atoms with E-state index in [2.05, 4.69) is 0 Å². The highest BCUT2D eigenvalue weighted by atomic mass is 32.1. The topological polar surface area (TPSA) is 120 Å². The van der Waals surface area contributed by atoms with Crippen molar-refractivity contribution in [3.8, 4) is 17.1 Å².